The second-order valence-electron chi connectivity index (χ2n) is 5.18. The highest BCUT2D eigenvalue weighted by atomic mass is 35.5. The summed E-state index contributed by atoms with van der Waals surface area (Å²) in [7, 11) is 0. The van der Waals surface area contributed by atoms with Crippen LogP contribution in [0.4, 0.5) is 17.2 Å². The van der Waals surface area contributed by atoms with Crippen molar-refractivity contribution in [2.45, 2.75) is 0 Å². The lowest BCUT2D eigenvalue weighted by atomic mass is 10.2. The van der Waals surface area contributed by atoms with Crippen LogP contribution in [0.2, 0.25) is 15.1 Å². The minimum Gasteiger partial charge on any atom is -0.340 e. The molecule has 0 spiro atoms. The maximum Gasteiger partial charge on any atom is 0.255 e. The number of halogens is 3. The van der Waals surface area contributed by atoms with Crippen LogP contribution in [0.1, 0.15) is 10.4 Å². The molecule has 2 aromatic carbocycles. The van der Waals surface area contributed by atoms with E-state index >= 15 is 0 Å². The van der Waals surface area contributed by atoms with Crippen LogP contribution in [0, 0.1) is 0 Å². The molecule has 0 bridgehead atoms. The van der Waals surface area contributed by atoms with Gasteiger partial charge in [-0.2, -0.15) is 0 Å². The number of hydrogen-bond donors (Lipinski definition) is 2. The van der Waals surface area contributed by atoms with E-state index in [9.17, 15) is 4.79 Å². The van der Waals surface area contributed by atoms with Crippen molar-refractivity contribution in [1.29, 1.82) is 0 Å². The van der Waals surface area contributed by atoms with Gasteiger partial charge in [-0.1, -0.05) is 40.9 Å². The molecule has 1 heterocycles. The maximum absolute atomic E-state index is 12.2. The second kappa shape index (κ2) is 7.74. The number of benzene rings is 2. The lowest BCUT2D eigenvalue weighted by molar-refractivity contribution is 0.102. The van der Waals surface area contributed by atoms with Crippen molar-refractivity contribution in [3.05, 3.63) is 81.4 Å². The van der Waals surface area contributed by atoms with E-state index in [0.29, 0.717) is 32.1 Å². The van der Waals surface area contributed by atoms with Crippen molar-refractivity contribution >= 4 is 57.9 Å². The Bertz CT molecular complexity index is 893. The van der Waals surface area contributed by atoms with Gasteiger partial charge in [-0.15, -0.1) is 0 Å². The average molecular weight is 393 g/mol. The van der Waals surface area contributed by atoms with Crippen molar-refractivity contribution in [3.63, 3.8) is 0 Å². The number of nitrogens with zero attached hydrogens (tertiary/aromatic N) is 1. The summed E-state index contributed by atoms with van der Waals surface area (Å²) in [4.78, 5) is 16.4. The summed E-state index contributed by atoms with van der Waals surface area (Å²) in [6, 6.07) is 15.3. The molecule has 1 amide bonds. The second-order valence-corrected chi connectivity index (χ2v) is 6.49. The van der Waals surface area contributed by atoms with Gasteiger partial charge in [0.15, 0.2) is 0 Å². The Labute approximate surface area is 159 Å². The predicted octanol–water partition coefficient (Wildman–Crippen LogP) is 6.04. The summed E-state index contributed by atoms with van der Waals surface area (Å²) in [5.41, 5.74) is 1.77. The Hall–Kier alpha value is -2.27. The van der Waals surface area contributed by atoms with Crippen LogP contribution >= 0.6 is 34.8 Å². The Morgan fingerprint density at radius 3 is 2.24 bits per heavy atom. The van der Waals surface area contributed by atoms with Crippen LogP contribution < -0.4 is 10.6 Å². The highest BCUT2D eigenvalue weighted by Crippen LogP contribution is 2.25. The van der Waals surface area contributed by atoms with Crippen LogP contribution in [0.15, 0.2) is 60.8 Å². The zero-order valence-corrected chi connectivity index (χ0v) is 15.0. The van der Waals surface area contributed by atoms with Gasteiger partial charge in [0.25, 0.3) is 5.91 Å². The van der Waals surface area contributed by atoms with Crippen LogP contribution in [0.25, 0.3) is 0 Å². The Balaban J connectivity index is 1.68. The first-order chi connectivity index (χ1) is 12.0. The molecular formula is C18H12Cl3N3O. The summed E-state index contributed by atoms with van der Waals surface area (Å²) in [6.07, 6.45) is 1.55. The third-order valence-corrected chi connectivity index (χ3v) is 3.91. The highest BCUT2D eigenvalue weighted by molar-refractivity contribution is 6.35. The van der Waals surface area contributed by atoms with Gasteiger partial charge >= 0.3 is 0 Å². The fraction of sp³-hybridized carbons (Fsp3) is 0. The molecule has 4 nitrogen and oxygen atoms in total. The number of rotatable bonds is 4. The first-order valence-electron chi connectivity index (χ1n) is 7.26. The topological polar surface area (TPSA) is 54.0 Å². The van der Waals surface area contributed by atoms with E-state index in [2.05, 4.69) is 15.6 Å². The number of carbonyl (C=O) groups excluding carboxylic acids is 1. The number of nitrogens with one attached hydrogen (secondary N) is 2. The van der Waals surface area contributed by atoms with E-state index in [0.717, 1.165) is 5.69 Å². The number of carbonyl (C=O) groups is 1. The molecule has 0 aliphatic carbocycles. The van der Waals surface area contributed by atoms with E-state index < -0.39 is 0 Å². The molecule has 0 unspecified atom stereocenters. The molecule has 1 aromatic heterocycles. The number of anilines is 3. The highest BCUT2D eigenvalue weighted by Gasteiger charge is 2.07. The first kappa shape index (κ1) is 17.5. The molecule has 0 aliphatic rings. The van der Waals surface area contributed by atoms with Gasteiger partial charge in [0.1, 0.15) is 5.82 Å². The van der Waals surface area contributed by atoms with E-state index in [1.807, 2.05) is 0 Å². The molecule has 7 heteroatoms. The summed E-state index contributed by atoms with van der Waals surface area (Å²) in [5.74, 6) is 0.339. The molecule has 3 aromatic rings. The van der Waals surface area contributed by atoms with Crippen molar-refractivity contribution in [1.82, 2.24) is 4.98 Å². The van der Waals surface area contributed by atoms with Gasteiger partial charge in [-0.05, 0) is 48.5 Å². The maximum atomic E-state index is 12.2. The van der Waals surface area contributed by atoms with Gasteiger partial charge in [0, 0.05) is 26.3 Å². The SMILES string of the molecule is O=C(Nc1ccc(Nc2cc(Cl)cc(Cl)c2)nc1)c1cccc(Cl)c1. The van der Waals surface area contributed by atoms with Crippen molar-refractivity contribution in [2.24, 2.45) is 0 Å². The molecule has 0 saturated carbocycles. The lowest BCUT2D eigenvalue weighted by Crippen LogP contribution is -2.12. The fourth-order valence-corrected chi connectivity index (χ4v) is 2.86. The van der Waals surface area contributed by atoms with E-state index in [-0.39, 0.29) is 5.91 Å². The van der Waals surface area contributed by atoms with E-state index in [4.69, 9.17) is 34.8 Å². The smallest absolute Gasteiger partial charge is 0.255 e. The van der Waals surface area contributed by atoms with Crippen molar-refractivity contribution in [3.8, 4) is 0 Å². The molecule has 25 heavy (non-hydrogen) atoms. The van der Waals surface area contributed by atoms with Crippen molar-refractivity contribution < 1.29 is 4.79 Å². The summed E-state index contributed by atoms with van der Waals surface area (Å²) < 4.78 is 0. The number of pyridine rings is 1. The first-order valence-corrected chi connectivity index (χ1v) is 8.39. The minimum absolute atomic E-state index is 0.258. The Morgan fingerprint density at radius 1 is 0.840 bits per heavy atom. The average Bonchev–Trinajstić information content (AvgIpc) is 2.56. The van der Waals surface area contributed by atoms with Crippen molar-refractivity contribution in [2.75, 3.05) is 10.6 Å². The number of amides is 1. The normalized spacial score (nSPS) is 10.4. The van der Waals surface area contributed by atoms with Gasteiger partial charge < -0.3 is 10.6 Å². The van der Waals surface area contributed by atoms with Gasteiger partial charge in [-0.3, -0.25) is 4.79 Å². The molecule has 0 saturated heterocycles. The summed E-state index contributed by atoms with van der Waals surface area (Å²) in [5, 5.41) is 7.42. The quantitative estimate of drug-likeness (QED) is 0.569. The third kappa shape index (κ3) is 4.86. The zero-order chi connectivity index (χ0) is 17.8. The monoisotopic (exact) mass is 391 g/mol. The van der Waals surface area contributed by atoms with Crippen LogP contribution in [0.3, 0.4) is 0 Å². The molecule has 0 fully saturated rings. The largest absolute Gasteiger partial charge is 0.340 e. The number of aromatic nitrogens is 1. The number of hydrogen-bond acceptors (Lipinski definition) is 3. The summed E-state index contributed by atoms with van der Waals surface area (Å²) in [6.45, 7) is 0. The van der Waals surface area contributed by atoms with Gasteiger partial charge in [0.2, 0.25) is 0 Å². The fourth-order valence-electron chi connectivity index (χ4n) is 2.15. The molecular weight excluding hydrogens is 381 g/mol. The minimum atomic E-state index is -0.258. The molecule has 0 aliphatic heterocycles. The van der Waals surface area contributed by atoms with Gasteiger partial charge in [-0.25, -0.2) is 4.98 Å². The van der Waals surface area contributed by atoms with E-state index in [1.54, 1.807) is 60.8 Å². The molecule has 126 valence electrons. The van der Waals surface area contributed by atoms with Gasteiger partial charge in [0.05, 0.1) is 11.9 Å². The van der Waals surface area contributed by atoms with E-state index in [1.165, 1.54) is 0 Å². The molecule has 0 atom stereocenters. The third-order valence-electron chi connectivity index (χ3n) is 3.24. The van der Waals surface area contributed by atoms with Crippen LogP contribution in [0.5, 0.6) is 0 Å². The summed E-state index contributed by atoms with van der Waals surface area (Å²) >= 11 is 17.8. The molecule has 2 N–H and O–H groups in total. The zero-order valence-electron chi connectivity index (χ0n) is 12.8. The standard InChI is InChI=1S/C18H12Cl3N3O/c19-12-3-1-2-11(6-12)18(25)24-15-4-5-17(22-10-15)23-16-8-13(20)7-14(21)9-16/h1-10H,(H,22,23)(H,24,25). The molecule has 3 rings (SSSR count). The Morgan fingerprint density at radius 2 is 1.60 bits per heavy atom. The van der Waals surface area contributed by atoms with Crippen LogP contribution in [-0.2, 0) is 0 Å². The predicted molar refractivity (Wildman–Crippen MR) is 103 cm³/mol. The Kier molecular flexibility index (Phi) is 5.43. The molecule has 0 radical (unpaired) electrons. The van der Waals surface area contributed by atoms with Crippen LogP contribution in [-0.4, -0.2) is 10.9 Å². The lowest BCUT2D eigenvalue weighted by Gasteiger charge is -2.09.